The van der Waals surface area contributed by atoms with Gasteiger partial charge >= 0.3 is 0 Å². The Morgan fingerprint density at radius 1 is 1.09 bits per heavy atom. The zero-order valence-electron chi connectivity index (χ0n) is 13.2. The van der Waals surface area contributed by atoms with Crippen LogP contribution in [-0.4, -0.2) is 10.6 Å². The minimum atomic E-state index is -0.406. The van der Waals surface area contributed by atoms with Crippen molar-refractivity contribution in [1.29, 1.82) is 0 Å². The predicted octanol–water partition coefficient (Wildman–Crippen LogP) is 4.99. The maximum atomic E-state index is 11.1. The van der Waals surface area contributed by atoms with Gasteiger partial charge in [-0.3, -0.25) is 15.5 Å². The second-order valence-electron chi connectivity index (χ2n) is 5.27. The molecule has 0 aliphatic rings. The first kappa shape index (κ1) is 16.7. The highest BCUT2D eigenvalue weighted by atomic mass is 16.6. The normalized spacial score (nSPS) is 11.3. The fraction of sp³-hybridized carbons (Fsp3) is 0.278. The SMILES string of the molecule is CCCCC/C(=N/Nc1ccccc1[N+](=O)[O-])c1ccccc1. The molecule has 23 heavy (non-hydrogen) atoms. The van der Waals surface area contributed by atoms with E-state index in [0.717, 1.165) is 37.0 Å². The first-order valence-corrected chi connectivity index (χ1v) is 7.83. The van der Waals surface area contributed by atoms with Gasteiger partial charge in [0.05, 0.1) is 10.6 Å². The molecule has 0 saturated heterocycles. The molecule has 0 amide bonds. The van der Waals surface area contributed by atoms with E-state index < -0.39 is 4.92 Å². The van der Waals surface area contributed by atoms with Crippen LogP contribution in [0.15, 0.2) is 59.7 Å². The van der Waals surface area contributed by atoms with Gasteiger partial charge in [0.15, 0.2) is 0 Å². The number of benzene rings is 2. The molecule has 2 aromatic rings. The minimum Gasteiger partial charge on any atom is -0.271 e. The quantitative estimate of drug-likeness (QED) is 0.323. The summed E-state index contributed by atoms with van der Waals surface area (Å²) in [4.78, 5) is 10.7. The summed E-state index contributed by atoms with van der Waals surface area (Å²) in [5, 5.41) is 15.5. The topological polar surface area (TPSA) is 67.5 Å². The van der Waals surface area contributed by atoms with Crippen LogP contribution in [0.3, 0.4) is 0 Å². The number of hydrogen-bond acceptors (Lipinski definition) is 4. The molecule has 0 aromatic heterocycles. The van der Waals surface area contributed by atoms with Crippen LogP contribution in [0.1, 0.15) is 38.2 Å². The minimum absolute atomic E-state index is 0.0252. The maximum Gasteiger partial charge on any atom is 0.294 e. The fourth-order valence-corrected chi connectivity index (χ4v) is 2.29. The summed E-state index contributed by atoms with van der Waals surface area (Å²) in [7, 11) is 0. The third-order valence-corrected chi connectivity index (χ3v) is 3.54. The molecule has 0 bridgehead atoms. The number of anilines is 1. The summed E-state index contributed by atoms with van der Waals surface area (Å²) in [6.07, 6.45) is 4.16. The highest BCUT2D eigenvalue weighted by molar-refractivity contribution is 6.01. The summed E-state index contributed by atoms with van der Waals surface area (Å²) in [6, 6.07) is 16.4. The molecule has 0 heterocycles. The van der Waals surface area contributed by atoms with E-state index in [9.17, 15) is 10.1 Å². The molecule has 0 aliphatic heterocycles. The van der Waals surface area contributed by atoms with Crippen LogP contribution >= 0.6 is 0 Å². The molecule has 5 nitrogen and oxygen atoms in total. The first-order chi connectivity index (χ1) is 11.2. The molecule has 0 radical (unpaired) electrons. The van der Waals surface area contributed by atoms with Crippen LogP contribution in [-0.2, 0) is 0 Å². The van der Waals surface area contributed by atoms with E-state index in [4.69, 9.17) is 0 Å². The molecule has 0 spiro atoms. The number of nitrogens with zero attached hydrogens (tertiary/aromatic N) is 2. The summed E-state index contributed by atoms with van der Waals surface area (Å²) >= 11 is 0. The van der Waals surface area contributed by atoms with Crippen LogP contribution in [0.2, 0.25) is 0 Å². The maximum absolute atomic E-state index is 11.1. The Bertz CT molecular complexity index is 669. The number of hydrogen-bond donors (Lipinski definition) is 1. The van der Waals surface area contributed by atoms with E-state index in [1.165, 1.54) is 6.07 Å². The Morgan fingerprint density at radius 3 is 2.48 bits per heavy atom. The van der Waals surface area contributed by atoms with Gasteiger partial charge in [-0.2, -0.15) is 5.10 Å². The standard InChI is InChI=1S/C18H21N3O2/c1-2-3-5-12-16(15-10-6-4-7-11-15)19-20-17-13-8-9-14-18(17)21(22)23/h4,6-11,13-14,20H,2-3,5,12H2,1H3/b19-16-. The monoisotopic (exact) mass is 311 g/mol. The van der Waals surface area contributed by atoms with Gasteiger partial charge in [-0.15, -0.1) is 0 Å². The van der Waals surface area contributed by atoms with E-state index in [-0.39, 0.29) is 5.69 Å². The van der Waals surface area contributed by atoms with E-state index in [0.29, 0.717) is 5.69 Å². The third kappa shape index (κ3) is 4.92. The second-order valence-corrected chi connectivity index (χ2v) is 5.27. The first-order valence-electron chi connectivity index (χ1n) is 7.83. The Morgan fingerprint density at radius 2 is 1.78 bits per heavy atom. The summed E-state index contributed by atoms with van der Waals surface area (Å²) < 4.78 is 0. The fourth-order valence-electron chi connectivity index (χ4n) is 2.29. The zero-order valence-corrected chi connectivity index (χ0v) is 13.2. The van der Waals surface area contributed by atoms with E-state index >= 15 is 0 Å². The van der Waals surface area contributed by atoms with Crippen LogP contribution in [0, 0.1) is 10.1 Å². The lowest BCUT2D eigenvalue weighted by Crippen LogP contribution is -2.05. The van der Waals surface area contributed by atoms with Crippen molar-refractivity contribution in [2.24, 2.45) is 5.10 Å². The lowest BCUT2D eigenvalue weighted by atomic mass is 10.0. The lowest BCUT2D eigenvalue weighted by molar-refractivity contribution is -0.384. The van der Waals surface area contributed by atoms with Gasteiger partial charge < -0.3 is 0 Å². The molecule has 0 saturated carbocycles. The average molecular weight is 311 g/mol. The van der Waals surface area contributed by atoms with Gasteiger partial charge in [-0.25, -0.2) is 0 Å². The molecule has 2 aromatic carbocycles. The number of hydrazone groups is 1. The second kappa shape index (κ2) is 8.68. The van der Waals surface area contributed by atoms with Crippen LogP contribution in [0.5, 0.6) is 0 Å². The Labute approximate surface area is 136 Å². The summed E-state index contributed by atoms with van der Waals surface area (Å²) in [5.74, 6) is 0. The molecule has 0 aliphatic carbocycles. The molecule has 120 valence electrons. The molecule has 1 N–H and O–H groups in total. The number of rotatable bonds is 8. The van der Waals surface area contributed by atoms with Gasteiger partial charge in [-0.05, 0) is 24.5 Å². The molecular weight excluding hydrogens is 290 g/mol. The van der Waals surface area contributed by atoms with E-state index in [1.54, 1.807) is 18.2 Å². The molecule has 0 fully saturated rings. The van der Waals surface area contributed by atoms with Gasteiger partial charge in [0, 0.05) is 6.07 Å². The van der Waals surface area contributed by atoms with Crippen molar-refractivity contribution >= 4 is 17.1 Å². The Hall–Kier alpha value is -2.69. The van der Waals surface area contributed by atoms with Crippen molar-refractivity contribution in [1.82, 2.24) is 0 Å². The summed E-state index contributed by atoms with van der Waals surface area (Å²) in [6.45, 7) is 2.16. The molecular formula is C18H21N3O2. The lowest BCUT2D eigenvalue weighted by Gasteiger charge is -2.08. The largest absolute Gasteiger partial charge is 0.294 e. The smallest absolute Gasteiger partial charge is 0.271 e. The highest BCUT2D eigenvalue weighted by Gasteiger charge is 2.12. The van der Waals surface area contributed by atoms with Crippen LogP contribution in [0.25, 0.3) is 0 Å². The van der Waals surface area contributed by atoms with Gasteiger partial charge in [-0.1, -0.05) is 62.2 Å². The molecule has 5 heteroatoms. The van der Waals surface area contributed by atoms with Crippen LogP contribution < -0.4 is 5.43 Å². The Kier molecular flexibility index (Phi) is 6.29. The predicted molar refractivity (Wildman–Crippen MR) is 93.8 cm³/mol. The van der Waals surface area contributed by atoms with Crippen molar-refractivity contribution < 1.29 is 4.92 Å². The number of nitro benzene ring substituents is 1. The molecule has 0 unspecified atom stereocenters. The number of nitrogens with one attached hydrogen (secondary N) is 1. The van der Waals surface area contributed by atoms with Crippen molar-refractivity contribution in [3.05, 3.63) is 70.3 Å². The number of para-hydroxylation sites is 2. The third-order valence-electron chi connectivity index (χ3n) is 3.54. The number of nitro groups is 1. The highest BCUT2D eigenvalue weighted by Crippen LogP contribution is 2.23. The van der Waals surface area contributed by atoms with E-state index in [1.807, 2.05) is 30.3 Å². The summed E-state index contributed by atoms with van der Waals surface area (Å²) in [5.41, 5.74) is 5.25. The average Bonchev–Trinajstić information content (AvgIpc) is 2.59. The Balaban J connectivity index is 2.22. The van der Waals surface area contributed by atoms with Gasteiger partial charge in [0.25, 0.3) is 5.69 Å². The van der Waals surface area contributed by atoms with Gasteiger partial charge in [0.2, 0.25) is 0 Å². The molecule has 0 atom stereocenters. The van der Waals surface area contributed by atoms with Gasteiger partial charge in [0.1, 0.15) is 5.69 Å². The van der Waals surface area contributed by atoms with Crippen molar-refractivity contribution in [2.75, 3.05) is 5.43 Å². The van der Waals surface area contributed by atoms with Crippen molar-refractivity contribution in [2.45, 2.75) is 32.6 Å². The van der Waals surface area contributed by atoms with Crippen LogP contribution in [0.4, 0.5) is 11.4 Å². The number of unbranched alkanes of at least 4 members (excludes halogenated alkanes) is 2. The van der Waals surface area contributed by atoms with Crippen molar-refractivity contribution in [3.8, 4) is 0 Å². The van der Waals surface area contributed by atoms with Crippen molar-refractivity contribution in [3.63, 3.8) is 0 Å². The van der Waals surface area contributed by atoms with E-state index in [2.05, 4.69) is 17.5 Å². The zero-order chi connectivity index (χ0) is 16.5. The molecule has 2 rings (SSSR count).